The molecule has 4 rings (SSSR count). The number of halogens is 1. The minimum Gasteiger partial charge on any atom is -0.297 e. The second-order valence-corrected chi connectivity index (χ2v) is 8.28. The highest BCUT2D eigenvalue weighted by Gasteiger charge is 2.46. The first kappa shape index (κ1) is 15.1. The van der Waals surface area contributed by atoms with Crippen LogP contribution in [0.1, 0.15) is 45.7 Å². The van der Waals surface area contributed by atoms with E-state index in [-0.39, 0.29) is 5.78 Å². The lowest BCUT2D eigenvalue weighted by Crippen LogP contribution is -2.44. The molecular weight excluding hydrogens is 326 g/mol. The summed E-state index contributed by atoms with van der Waals surface area (Å²) in [7, 11) is 0. The Morgan fingerprint density at radius 1 is 1.17 bits per heavy atom. The summed E-state index contributed by atoms with van der Waals surface area (Å²) in [6.45, 7) is 4.26. The summed E-state index contributed by atoms with van der Waals surface area (Å²) in [5.41, 5.74) is 3.98. The van der Waals surface area contributed by atoms with Crippen molar-refractivity contribution < 1.29 is 4.79 Å². The van der Waals surface area contributed by atoms with Gasteiger partial charge in [-0.05, 0) is 50.8 Å². The van der Waals surface area contributed by atoms with E-state index in [4.69, 9.17) is 16.6 Å². The Hall–Kier alpha value is -1.45. The van der Waals surface area contributed by atoms with E-state index in [1.165, 1.54) is 20.9 Å². The number of thiophene rings is 1. The third-order valence-corrected chi connectivity index (χ3v) is 6.62. The molecule has 118 valence electrons. The predicted octanol–water partition coefficient (Wildman–Crippen LogP) is 4.90. The Morgan fingerprint density at radius 2 is 1.87 bits per heavy atom. The zero-order chi connectivity index (χ0) is 16.2. The van der Waals surface area contributed by atoms with Crippen molar-refractivity contribution in [3.8, 4) is 0 Å². The van der Waals surface area contributed by atoms with Crippen LogP contribution in [0.5, 0.6) is 0 Å². The highest BCUT2D eigenvalue weighted by atomic mass is 35.5. The van der Waals surface area contributed by atoms with Crippen LogP contribution in [0.3, 0.4) is 0 Å². The molecule has 1 fully saturated rings. The van der Waals surface area contributed by atoms with Crippen LogP contribution in [0.15, 0.2) is 29.3 Å². The molecular formula is C19H18ClNOS. The molecule has 1 aromatic heterocycles. The standard InChI is InChI=1S/C19H18ClNOS/c1-11-12(2)23-15-10-16(22)19(8-3-9-19)21-18(17(11)15)13-4-6-14(20)7-5-13/h4-7H,3,8-10H2,1-2H3. The van der Waals surface area contributed by atoms with Crippen molar-refractivity contribution >= 4 is 34.4 Å². The molecule has 0 unspecified atom stereocenters. The molecule has 1 aromatic carbocycles. The van der Waals surface area contributed by atoms with E-state index in [1.54, 1.807) is 11.3 Å². The Bertz CT molecular complexity index is 828. The molecule has 0 radical (unpaired) electrons. The molecule has 1 saturated carbocycles. The van der Waals surface area contributed by atoms with Gasteiger partial charge in [0.05, 0.1) is 5.71 Å². The fourth-order valence-corrected chi connectivity index (χ4v) is 4.80. The molecule has 1 aliphatic heterocycles. The van der Waals surface area contributed by atoms with Crippen molar-refractivity contribution in [2.75, 3.05) is 0 Å². The smallest absolute Gasteiger partial charge is 0.165 e. The summed E-state index contributed by atoms with van der Waals surface area (Å²) in [5, 5.41) is 0.718. The quantitative estimate of drug-likeness (QED) is 0.723. The van der Waals surface area contributed by atoms with Crippen LogP contribution in [0, 0.1) is 13.8 Å². The van der Waals surface area contributed by atoms with Gasteiger partial charge < -0.3 is 0 Å². The third kappa shape index (κ3) is 2.29. The monoisotopic (exact) mass is 343 g/mol. The Labute approximate surface area is 145 Å². The number of fused-ring (bicyclic) bond motifs is 1. The molecule has 0 atom stereocenters. The third-order valence-electron chi connectivity index (χ3n) is 5.16. The topological polar surface area (TPSA) is 29.4 Å². The van der Waals surface area contributed by atoms with Crippen molar-refractivity contribution in [1.82, 2.24) is 0 Å². The maximum atomic E-state index is 12.8. The number of Topliss-reactive ketones (excluding diaryl/α,β-unsaturated/α-hetero) is 1. The molecule has 2 aliphatic rings. The van der Waals surface area contributed by atoms with Crippen LogP contribution < -0.4 is 0 Å². The number of nitrogens with zero attached hydrogens (tertiary/aromatic N) is 1. The van der Waals surface area contributed by atoms with Crippen LogP contribution in [-0.4, -0.2) is 17.0 Å². The Balaban J connectivity index is 1.96. The van der Waals surface area contributed by atoms with Gasteiger partial charge >= 0.3 is 0 Å². The summed E-state index contributed by atoms with van der Waals surface area (Å²) in [4.78, 5) is 20.3. The molecule has 4 heteroatoms. The van der Waals surface area contributed by atoms with E-state index in [0.717, 1.165) is 35.6 Å². The maximum Gasteiger partial charge on any atom is 0.165 e. The van der Waals surface area contributed by atoms with Crippen LogP contribution in [0.4, 0.5) is 0 Å². The van der Waals surface area contributed by atoms with Gasteiger partial charge in [0.2, 0.25) is 0 Å². The van der Waals surface area contributed by atoms with E-state index < -0.39 is 5.54 Å². The first-order valence-corrected chi connectivity index (χ1v) is 9.18. The predicted molar refractivity (Wildman–Crippen MR) is 96.2 cm³/mol. The van der Waals surface area contributed by atoms with Crippen LogP contribution in [0.25, 0.3) is 0 Å². The second kappa shape index (κ2) is 5.29. The highest BCUT2D eigenvalue weighted by Crippen LogP contribution is 2.43. The van der Waals surface area contributed by atoms with Gasteiger partial charge in [-0.1, -0.05) is 23.7 Å². The summed E-state index contributed by atoms with van der Waals surface area (Å²) in [6, 6.07) is 7.82. The number of aliphatic imine (C=N–C) groups is 1. The SMILES string of the molecule is Cc1sc2c(c1C)C(c1ccc(Cl)cc1)=NC1(CCC1)C(=O)C2. The summed E-state index contributed by atoms with van der Waals surface area (Å²) in [5.74, 6) is 0.287. The van der Waals surface area contributed by atoms with Crippen molar-refractivity contribution in [3.05, 3.63) is 55.7 Å². The van der Waals surface area contributed by atoms with Gasteiger partial charge in [0.1, 0.15) is 5.54 Å². The number of rotatable bonds is 1. The fraction of sp³-hybridized carbons (Fsp3) is 0.368. The van der Waals surface area contributed by atoms with Crippen molar-refractivity contribution in [2.24, 2.45) is 4.99 Å². The molecule has 1 aliphatic carbocycles. The van der Waals surface area contributed by atoms with Gasteiger partial charge in [-0.25, -0.2) is 0 Å². The maximum absolute atomic E-state index is 12.8. The molecule has 0 bridgehead atoms. The Kier molecular flexibility index (Phi) is 3.47. The zero-order valence-electron chi connectivity index (χ0n) is 13.3. The first-order valence-electron chi connectivity index (χ1n) is 7.98. The lowest BCUT2D eigenvalue weighted by molar-refractivity contribution is -0.126. The first-order chi connectivity index (χ1) is 11.0. The number of benzene rings is 1. The van der Waals surface area contributed by atoms with E-state index in [1.807, 2.05) is 24.3 Å². The minimum atomic E-state index is -0.478. The van der Waals surface area contributed by atoms with Crippen LogP contribution in [-0.2, 0) is 11.2 Å². The zero-order valence-corrected chi connectivity index (χ0v) is 14.9. The molecule has 0 N–H and O–H groups in total. The summed E-state index contributed by atoms with van der Waals surface area (Å²) in [6.07, 6.45) is 3.38. The number of hydrogen-bond acceptors (Lipinski definition) is 3. The van der Waals surface area contributed by atoms with E-state index in [2.05, 4.69) is 13.8 Å². The molecule has 23 heavy (non-hydrogen) atoms. The number of ketones is 1. The lowest BCUT2D eigenvalue weighted by Gasteiger charge is -2.36. The number of aryl methyl sites for hydroxylation is 1. The molecule has 2 heterocycles. The van der Waals surface area contributed by atoms with Crippen LogP contribution in [0.2, 0.25) is 5.02 Å². The largest absolute Gasteiger partial charge is 0.297 e. The number of carbonyl (C=O) groups is 1. The number of carbonyl (C=O) groups excluding carboxylic acids is 1. The van der Waals surface area contributed by atoms with Gasteiger partial charge in [-0.3, -0.25) is 9.79 Å². The highest BCUT2D eigenvalue weighted by molar-refractivity contribution is 7.12. The van der Waals surface area contributed by atoms with Crippen molar-refractivity contribution in [3.63, 3.8) is 0 Å². The average Bonchev–Trinajstić information content (AvgIpc) is 2.67. The van der Waals surface area contributed by atoms with E-state index >= 15 is 0 Å². The van der Waals surface area contributed by atoms with Crippen LogP contribution >= 0.6 is 22.9 Å². The molecule has 1 spiro atoms. The molecule has 0 saturated heterocycles. The van der Waals surface area contributed by atoms with E-state index in [0.29, 0.717) is 6.42 Å². The average molecular weight is 344 g/mol. The minimum absolute atomic E-state index is 0.287. The Morgan fingerprint density at radius 3 is 2.48 bits per heavy atom. The molecule has 2 nitrogen and oxygen atoms in total. The van der Waals surface area contributed by atoms with Gasteiger partial charge in [0, 0.05) is 32.3 Å². The van der Waals surface area contributed by atoms with E-state index in [9.17, 15) is 4.79 Å². The van der Waals surface area contributed by atoms with Crippen molar-refractivity contribution in [2.45, 2.75) is 45.1 Å². The van der Waals surface area contributed by atoms with Gasteiger partial charge in [-0.2, -0.15) is 0 Å². The molecule has 0 amide bonds. The summed E-state index contributed by atoms with van der Waals surface area (Å²) < 4.78 is 0. The molecule has 2 aromatic rings. The van der Waals surface area contributed by atoms with Crippen molar-refractivity contribution in [1.29, 1.82) is 0 Å². The fourth-order valence-electron chi connectivity index (χ4n) is 3.49. The van der Waals surface area contributed by atoms with Gasteiger partial charge in [0.15, 0.2) is 5.78 Å². The number of hydrogen-bond donors (Lipinski definition) is 0. The normalized spacial score (nSPS) is 19.1. The van der Waals surface area contributed by atoms with Gasteiger partial charge in [-0.15, -0.1) is 11.3 Å². The second-order valence-electron chi connectivity index (χ2n) is 6.53. The summed E-state index contributed by atoms with van der Waals surface area (Å²) >= 11 is 7.79. The van der Waals surface area contributed by atoms with Gasteiger partial charge in [0.25, 0.3) is 0 Å². The lowest BCUT2D eigenvalue weighted by atomic mass is 9.73.